The minimum Gasteiger partial charge on any atom is -0.497 e. The Morgan fingerprint density at radius 2 is 1.74 bits per heavy atom. The minimum absolute atomic E-state index is 0.149. The molecule has 0 aliphatic heterocycles. The van der Waals surface area contributed by atoms with Gasteiger partial charge < -0.3 is 14.8 Å². The van der Waals surface area contributed by atoms with Crippen LogP contribution in [-0.4, -0.2) is 47.4 Å². The number of hydrogen-bond donors (Lipinski definition) is 1. The van der Waals surface area contributed by atoms with Crippen LogP contribution in [0.5, 0.6) is 11.5 Å². The second kappa shape index (κ2) is 10.0. The molecule has 0 saturated carbocycles. The smallest absolute Gasteiger partial charge is 0.240 e. The van der Waals surface area contributed by atoms with Gasteiger partial charge in [-0.15, -0.1) is 0 Å². The highest BCUT2D eigenvalue weighted by molar-refractivity contribution is 7.92. The third-order valence-corrected chi connectivity index (χ3v) is 6.25. The van der Waals surface area contributed by atoms with E-state index >= 15 is 0 Å². The van der Waals surface area contributed by atoms with Crippen molar-refractivity contribution in [3.63, 3.8) is 0 Å². The Morgan fingerprint density at radius 1 is 1.10 bits per heavy atom. The fourth-order valence-electron chi connectivity index (χ4n) is 3.65. The lowest BCUT2D eigenvalue weighted by atomic mass is 9.79. The van der Waals surface area contributed by atoms with Gasteiger partial charge in [-0.05, 0) is 36.5 Å². The molecule has 2 rings (SSSR count). The zero-order valence-electron chi connectivity index (χ0n) is 19.0. The summed E-state index contributed by atoms with van der Waals surface area (Å²) in [6.07, 6.45) is 1.76. The Kier molecular flexibility index (Phi) is 7.95. The molecule has 1 amide bonds. The van der Waals surface area contributed by atoms with E-state index in [1.165, 1.54) is 19.8 Å². The fraction of sp³-hybridized carbons (Fsp3) is 0.435. The summed E-state index contributed by atoms with van der Waals surface area (Å²) in [6, 6.07) is 14.7. The number of methoxy groups -OCH3 is 2. The van der Waals surface area contributed by atoms with Crippen LogP contribution in [0.1, 0.15) is 32.8 Å². The topological polar surface area (TPSA) is 84.9 Å². The van der Waals surface area contributed by atoms with Gasteiger partial charge in [0.2, 0.25) is 15.9 Å². The summed E-state index contributed by atoms with van der Waals surface area (Å²) >= 11 is 0. The molecule has 31 heavy (non-hydrogen) atoms. The molecule has 0 fully saturated rings. The van der Waals surface area contributed by atoms with Gasteiger partial charge in [-0.2, -0.15) is 0 Å². The monoisotopic (exact) mass is 448 g/mol. The summed E-state index contributed by atoms with van der Waals surface area (Å²) in [5.74, 6) is 0.436. The number of sulfonamides is 1. The van der Waals surface area contributed by atoms with Crippen LogP contribution in [-0.2, 0) is 20.2 Å². The van der Waals surface area contributed by atoms with Gasteiger partial charge in [-0.1, -0.05) is 44.2 Å². The Labute approximate surface area is 185 Å². The summed E-state index contributed by atoms with van der Waals surface area (Å²) in [5.41, 5.74) is 1.30. The van der Waals surface area contributed by atoms with E-state index in [-0.39, 0.29) is 29.6 Å². The van der Waals surface area contributed by atoms with Crippen molar-refractivity contribution >= 4 is 21.6 Å². The average molecular weight is 449 g/mol. The van der Waals surface area contributed by atoms with E-state index in [2.05, 4.69) is 31.3 Å². The van der Waals surface area contributed by atoms with E-state index in [1.807, 2.05) is 25.1 Å². The van der Waals surface area contributed by atoms with Crippen molar-refractivity contribution in [2.45, 2.75) is 38.6 Å². The highest BCUT2D eigenvalue weighted by Crippen LogP contribution is 2.33. The maximum absolute atomic E-state index is 12.7. The van der Waals surface area contributed by atoms with Crippen LogP contribution in [0.2, 0.25) is 0 Å². The lowest BCUT2D eigenvalue weighted by molar-refractivity contribution is -0.120. The lowest BCUT2D eigenvalue weighted by Gasteiger charge is -2.30. The Balaban J connectivity index is 2.15. The summed E-state index contributed by atoms with van der Waals surface area (Å²) in [6.45, 7) is 5.81. The number of benzene rings is 2. The van der Waals surface area contributed by atoms with Gasteiger partial charge in [0.05, 0.1) is 26.2 Å². The molecule has 0 aliphatic rings. The minimum atomic E-state index is -3.73. The molecule has 0 aliphatic carbocycles. The zero-order valence-corrected chi connectivity index (χ0v) is 19.8. The maximum atomic E-state index is 12.7. The Hall–Kier alpha value is -2.74. The van der Waals surface area contributed by atoms with Gasteiger partial charge in [0.25, 0.3) is 0 Å². The second-order valence-corrected chi connectivity index (χ2v) is 10.1. The summed E-state index contributed by atoms with van der Waals surface area (Å²) < 4.78 is 36.4. The zero-order chi connectivity index (χ0) is 23.2. The van der Waals surface area contributed by atoms with Crippen molar-refractivity contribution in [2.24, 2.45) is 0 Å². The summed E-state index contributed by atoms with van der Waals surface area (Å²) in [4.78, 5) is 12.7. The quantitative estimate of drug-likeness (QED) is 0.603. The number of carbonyl (C=O) groups is 1. The lowest BCUT2D eigenvalue weighted by Crippen LogP contribution is -2.44. The number of hydrogen-bond acceptors (Lipinski definition) is 5. The first-order valence-corrected chi connectivity index (χ1v) is 11.9. The van der Waals surface area contributed by atoms with Gasteiger partial charge in [-0.25, -0.2) is 8.42 Å². The van der Waals surface area contributed by atoms with Crippen LogP contribution >= 0.6 is 0 Å². The van der Waals surface area contributed by atoms with E-state index in [0.717, 1.165) is 10.6 Å². The van der Waals surface area contributed by atoms with Crippen molar-refractivity contribution < 1.29 is 22.7 Å². The number of carbonyl (C=O) groups excluding carboxylic acids is 1. The van der Waals surface area contributed by atoms with E-state index in [4.69, 9.17) is 9.47 Å². The third kappa shape index (κ3) is 6.62. The molecule has 2 aromatic rings. The molecule has 1 atom stereocenters. The molecule has 7 nitrogen and oxygen atoms in total. The number of rotatable bonds is 10. The molecule has 2 aromatic carbocycles. The molecule has 0 heterocycles. The predicted octanol–water partition coefficient (Wildman–Crippen LogP) is 3.34. The van der Waals surface area contributed by atoms with Gasteiger partial charge in [-0.3, -0.25) is 9.10 Å². The fourth-order valence-corrected chi connectivity index (χ4v) is 4.51. The molecule has 0 saturated heterocycles. The van der Waals surface area contributed by atoms with Gasteiger partial charge >= 0.3 is 0 Å². The van der Waals surface area contributed by atoms with Crippen molar-refractivity contribution in [3.8, 4) is 11.5 Å². The van der Waals surface area contributed by atoms with Gasteiger partial charge in [0.15, 0.2) is 0 Å². The van der Waals surface area contributed by atoms with E-state index < -0.39 is 10.0 Å². The molecular formula is C23H32N2O5S. The molecule has 0 bridgehead atoms. The molecule has 0 radical (unpaired) electrons. The number of anilines is 1. The number of ether oxygens (including phenoxy) is 2. The van der Waals surface area contributed by atoms with Crippen molar-refractivity contribution in [2.75, 3.05) is 31.3 Å². The molecule has 170 valence electrons. The molecular weight excluding hydrogens is 416 g/mol. The second-order valence-electron chi connectivity index (χ2n) is 8.23. The molecule has 8 heteroatoms. The first kappa shape index (κ1) is 24.5. The van der Waals surface area contributed by atoms with Gasteiger partial charge in [0, 0.05) is 12.1 Å². The first-order chi connectivity index (χ1) is 14.5. The largest absolute Gasteiger partial charge is 0.497 e. The maximum Gasteiger partial charge on any atom is 0.240 e. The molecule has 1 N–H and O–H groups in total. The van der Waals surface area contributed by atoms with Crippen LogP contribution in [0, 0.1) is 0 Å². The molecule has 0 aromatic heterocycles. The van der Waals surface area contributed by atoms with Crippen LogP contribution in [0.25, 0.3) is 0 Å². The van der Waals surface area contributed by atoms with Crippen LogP contribution in [0.4, 0.5) is 5.69 Å². The normalized spacial score (nSPS) is 12.7. The Morgan fingerprint density at radius 3 is 2.29 bits per heavy atom. The van der Waals surface area contributed by atoms with E-state index in [1.54, 1.807) is 18.2 Å². The number of nitrogens with one attached hydrogen (secondary N) is 1. The summed E-state index contributed by atoms with van der Waals surface area (Å²) in [7, 11) is -0.782. The van der Waals surface area contributed by atoms with E-state index in [9.17, 15) is 13.2 Å². The SMILES string of the molecule is COc1ccc(N(CC(=O)NC(C)CC(C)(C)c2ccccc2)S(C)(=O)=O)c(OC)c1. The predicted molar refractivity (Wildman–Crippen MR) is 123 cm³/mol. The average Bonchev–Trinajstić information content (AvgIpc) is 2.71. The van der Waals surface area contributed by atoms with Crippen molar-refractivity contribution in [3.05, 3.63) is 54.1 Å². The van der Waals surface area contributed by atoms with Crippen molar-refractivity contribution in [1.29, 1.82) is 0 Å². The molecule has 0 spiro atoms. The standard InChI is InChI=1S/C23H32N2O5S/c1-17(15-23(2,3)18-10-8-7-9-11-18)24-22(26)16-25(31(6,27)28)20-13-12-19(29-4)14-21(20)30-5/h7-14,17H,15-16H2,1-6H3,(H,24,26). The first-order valence-electron chi connectivity index (χ1n) is 10.0. The van der Waals surface area contributed by atoms with Gasteiger partial charge in [0.1, 0.15) is 18.0 Å². The van der Waals surface area contributed by atoms with E-state index in [0.29, 0.717) is 17.9 Å². The molecule has 1 unspecified atom stereocenters. The number of nitrogens with zero attached hydrogens (tertiary/aromatic N) is 1. The van der Waals surface area contributed by atoms with Crippen LogP contribution in [0.15, 0.2) is 48.5 Å². The highest BCUT2D eigenvalue weighted by Gasteiger charge is 2.27. The van der Waals surface area contributed by atoms with Crippen molar-refractivity contribution in [1.82, 2.24) is 5.32 Å². The number of amides is 1. The summed E-state index contributed by atoms with van der Waals surface area (Å²) in [5, 5.41) is 2.93. The highest BCUT2D eigenvalue weighted by atomic mass is 32.2. The van der Waals surface area contributed by atoms with Crippen LogP contribution in [0.3, 0.4) is 0 Å². The third-order valence-electron chi connectivity index (χ3n) is 5.12. The Bertz CT molecular complexity index is 990. The van der Waals surface area contributed by atoms with Crippen LogP contribution < -0.4 is 19.1 Å².